The molecule has 0 aliphatic heterocycles. The fourth-order valence-corrected chi connectivity index (χ4v) is 3.22. The highest BCUT2D eigenvalue weighted by Gasteiger charge is 2.26. The highest BCUT2D eigenvalue weighted by Crippen LogP contribution is 2.26. The maximum Gasteiger partial charge on any atom is 0.220 e. The Labute approximate surface area is 141 Å². The SMILES string of the molecule is COc1ccc(CCCCC(=O)NC(C)(C)CC(C)(C)C)cc1. The van der Waals surface area contributed by atoms with Crippen LogP contribution in [0.2, 0.25) is 0 Å². The van der Waals surface area contributed by atoms with Gasteiger partial charge in [0.1, 0.15) is 5.75 Å². The van der Waals surface area contributed by atoms with E-state index in [1.54, 1.807) is 7.11 Å². The number of rotatable bonds is 8. The Balaban J connectivity index is 2.28. The Kier molecular flexibility index (Phi) is 7.11. The second-order valence-electron chi connectivity index (χ2n) is 8.22. The number of hydrogen-bond donors (Lipinski definition) is 1. The van der Waals surface area contributed by atoms with Crippen molar-refractivity contribution in [2.24, 2.45) is 5.41 Å². The quantitative estimate of drug-likeness (QED) is 0.703. The molecule has 3 heteroatoms. The highest BCUT2D eigenvalue weighted by molar-refractivity contribution is 5.76. The zero-order valence-corrected chi connectivity index (χ0v) is 15.7. The van der Waals surface area contributed by atoms with Gasteiger partial charge < -0.3 is 10.1 Å². The zero-order chi connectivity index (χ0) is 17.5. The van der Waals surface area contributed by atoms with E-state index in [2.05, 4.69) is 52.1 Å². The molecule has 0 saturated carbocycles. The third-order valence-electron chi connectivity index (χ3n) is 3.73. The molecule has 130 valence electrons. The lowest BCUT2D eigenvalue weighted by Gasteiger charge is -2.33. The van der Waals surface area contributed by atoms with E-state index in [9.17, 15) is 4.79 Å². The molecule has 0 saturated heterocycles. The molecule has 1 aromatic rings. The third kappa shape index (κ3) is 8.63. The number of carbonyl (C=O) groups is 1. The molecule has 3 nitrogen and oxygen atoms in total. The minimum absolute atomic E-state index is 0.148. The number of nitrogens with one attached hydrogen (secondary N) is 1. The van der Waals surface area contributed by atoms with E-state index in [0.717, 1.165) is 31.4 Å². The molecule has 0 aromatic heterocycles. The Bertz CT molecular complexity index is 483. The van der Waals surface area contributed by atoms with Gasteiger partial charge in [-0.25, -0.2) is 0 Å². The van der Waals surface area contributed by atoms with Crippen molar-refractivity contribution in [3.05, 3.63) is 29.8 Å². The molecule has 0 aliphatic carbocycles. The van der Waals surface area contributed by atoms with Crippen molar-refractivity contribution in [3.8, 4) is 5.75 Å². The number of amides is 1. The largest absolute Gasteiger partial charge is 0.497 e. The number of methoxy groups -OCH3 is 1. The summed E-state index contributed by atoms with van der Waals surface area (Å²) < 4.78 is 5.15. The van der Waals surface area contributed by atoms with Crippen molar-refractivity contribution in [3.63, 3.8) is 0 Å². The van der Waals surface area contributed by atoms with Crippen LogP contribution in [-0.4, -0.2) is 18.6 Å². The summed E-state index contributed by atoms with van der Waals surface area (Å²) >= 11 is 0. The maximum atomic E-state index is 12.1. The van der Waals surface area contributed by atoms with E-state index < -0.39 is 0 Å². The van der Waals surface area contributed by atoms with Gasteiger partial charge in [-0.15, -0.1) is 0 Å². The van der Waals surface area contributed by atoms with Crippen molar-refractivity contribution in [1.29, 1.82) is 0 Å². The number of carbonyl (C=O) groups excluding carboxylic acids is 1. The topological polar surface area (TPSA) is 38.3 Å². The predicted molar refractivity (Wildman–Crippen MR) is 96.8 cm³/mol. The average molecular weight is 319 g/mol. The molecule has 0 spiro atoms. The summed E-state index contributed by atoms with van der Waals surface area (Å²) in [5.74, 6) is 1.04. The standard InChI is InChI=1S/C20H33NO2/c1-19(2,3)15-20(4,5)21-18(22)10-8-7-9-16-11-13-17(23-6)14-12-16/h11-14H,7-10,15H2,1-6H3,(H,21,22). The van der Waals surface area contributed by atoms with E-state index in [1.165, 1.54) is 5.56 Å². The summed E-state index contributed by atoms with van der Waals surface area (Å²) in [4.78, 5) is 12.1. The Morgan fingerprint density at radius 1 is 1.04 bits per heavy atom. The minimum Gasteiger partial charge on any atom is -0.497 e. The molecule has 0 radical (unpaired) electrons. The highest BCUT2D eigenvalue weighted by atomic mass is 16.5. The van der Waals surface area contributed by atoms with Crippen molar-refractivity contribution in [2.75, 3.05) is 7.11 Å². The summed E-state index contributed by atoms with van der Waals surface area (Å²) in [6.45, 7) is 10.8. The fraction of sp³-hybridized carbons (Fsp3) is 0.650. The van der Waals surface area contributed by atoms with Crippen LogP contribution in [0, 0.1) is 5.41 Å². The fourth-order valence-electron chi connectivity index (χ4n) is 3.22. The van der Waals surface area contributed by atoms with Crippen molar-refractivity contribution >= 4 is 5.91 Å². The van der Waals surface area contributed by atoms with Gasteiger partial charge in [-0.2, -0.15) is 0 Å². The first kappa shape index (κ1) is 19.5. The van der Waals surface area contributed by atoms with Gasteiger partial charge in [-0.1, -0.05) is 32.9 Å². The van der Waals surface area contributed by atoms with Gasteiger partial charge in [0.25, 0.3) is 0 Å². The number of ether oxygens (including phenoxy) is 1. The number of hydrogen-bond acceptors (Lipinski definition) is 2. The number of unbranched alkanes of at least 4 members (excludes halogenated alkanes) is 1. The first-order chi connectivity index (χ1) is 10.6. The van der Waals surface area contributed by atoms with Gasteiger partial charge in [-0.3, -0.25) is 4.79 Å². The Morgan fingerprint density at radius 2 is 1.65 bits per heavy atom. The molecular formula is C20H33NO2. The lowest BCUT2D eigenvalue weighted by molar-refractivity contribution is -0.123. The summed E-state index contributed by atoms with van der Waals surface area (Å²) in [5.41, 5.74) is 1.36. The van der Waals surface area contributed by atoms with Crippen LogP contribution in [0.15, 0.2) is 24.3 Å². The van der Waals surface area contributed by atoms with Gasteiger partial charge in [0.05, 0.1) is 7.11 Å². The molecule has 0 fully saturated rings. The second kappa shape index (κ2) is 8.37. The Hall–Kier alpha value is -1.51. The number of benzene rings is 1. The summed E-state index contributed by atoms with van der Waals surface area (Å²) in [6, 6.07) is 8.14. The minimum atomic E-state index is -0.148. The van der Waals surface area contributed by atoms with Gasteiger partial charge in [0.2, 0.25) is 5.91 Å². The molecule has 1 N–H and O–H groups in total. The molecule has 0 heterocycles. The first-order valence-corrected chi connectivity index (χ1v) is 8.55. The van der Waals surface area contributed by atoms with E-state index in [1.807, 2.05) is 12.1 Å². The molecular weight excluding hydrogens is 286 g/mol. The van der Waals surface area contributed by atoms with Gasteiger partial charge in [0.15, 0.2) is 0 Å². The molecule has 1 aromatic carbocycles. The van der Waals surface area contributed by atoms with E-state index in [0.29, 0.717) is 6.42 Å². The Morgan fingerprint density at radius 3 is 2.17 bits per heavy atom. The summed E-state index contributed by atoms with van der Waals surface area (Å²) in [7, 11) is 1.68. The molecule has 1 rings (SSSR count). The molecule has 0 atom stereocenters. The van der Waals surface area contributed by atoms with E-state index in [-0.39, 0.29) is 16.9 Å². The van der Waals surface area contributed by atoms with Crippen molar-refractivity contribution in [2.45, 2.75) is 72.3 Å². The number of aryl methyl sites for hydroxylation is 1. The predicted octanol–water partition coefficient (Wildman–Crippen LogP) is 4.74. The van der Waals surface area contributed by atoms with E-state index in [4.69, 9.17) is 4.74 Å². The molecule has 0 aliphatic rings. The summed E-state index contributed by atoms with van der Waals surface area (Å²) in [5, 5.41) is 3.17. The van der Waals surface area contributed by atoms with Crippen LogP contribution < -0.4 is 10.1 Å². The average Bonchev–Trinajstić information content (AvgIpc) is 2.41. The monoisotopic (exact) mass is 319 g/mol. The van der Waals surface area contributed by atoms with Crippen molar-refractivity contribution < 1.29 is 9.53 Å². The normalized spacial score (nSPS) is 12.1. The summed E-state index contributed by atoms with van der Waals surface area (Å²) in [6.07, 6.45) is 4.52. The maximum absolute atomic E-state index is 12.1. The molecule has 0 unspecified atom stereocenters. The molecule has 1 amide bonds. The van der Waals surface area contributed by atoms with Crippen LogP contribution in [-0.2, 0) is 11.2 Å². The zero-order valence-electron chi connectivity index (χ0n) is 15.7. The smallest absolute Gasteiger partial charge is 0.220 e. The van der Waals surface area contributed by atoms with Crippen molar-refractivity contribution in [1.82, 2.24) is 5.32 Å². The molecule has 23 heavy (non-hydrogen) atoms. The third-order valence-corrected chi connectivity index (χ3v) is 3.73. The molecule has 0 bridgehead atoms. The van der Waals surface area contributed by atoms with Crippen LogP contribution >= 0.6 is 0 Å². The van der Waals surface area contributed by atoms with Gasteiger partial charge in [0, 0.05) is 12.0 Å². The lowest BCUT2D eigenvalue weighted by Crippen LogP contribution is -2.45. The van der Waals surface area contributed by atoms with Crippen LogP contribution in [0.4, 0.5) is 0 Å². The van der Waals surface area contributed by atoms with Crippen LogP contribution in [0.5, 0.6) is 5.75 Å². The second-order valence-corrected chi connectivity index (χ2v) is 8.22. The van der Waals surface area contributed by atoms with Crippen LogP contribution in [0.1, 0.15) is 65.9 Å². The van der Waals surface area contributed by atoms with Gasteiger partial charge >= 0.3 is 0 Å². The van der Waals surface area contributed by atoms with Gasteiger partial charge in [-0.05, 0) is 62.6 Å². The first-order valence-electron chi connectivity index (χ1n) is 8.55. The van der Waals surface area contributed by atoms with Crippen LogP contribution in [0.25, 0.3) is 0 Å². The van der Waals surface area contributed by atoms with Crippen LogP contribution in [0.3, 0.4) is 0 Å². The van der Waals surface area contributed by atoms with E-state index >= 15 is 0 Å². The lowest BCUT2D eigenvalue weighted by atomic mass is 9.81.